The van der Waals surface area contributed by atoms with Crippen molar-refractivity contribution in [1.82, 2.24) is 4.98 Å². The molecular formula is C14H17N3O. The quantitative estimate of drug-likeness (QED) is 0.779. The topological polar surface area (TPSA) is 51.4 Å². The fourth-order valence-corrected chi connectivity index (χ4v) is 2.44. The van der Waals surface area contributed by atoms with Gasteiger partial charge in [0.25, 0.3) is 0 Å². The summed E-state index contributed by atoms with van der Waals surface area (Å²) in [5, 5.41) is 1.12. The Morgan fingerprint density at radius 3 is 3.06 bits per heavy atom. The van der Waals surface area contributed by atoms with Crippen molar-refractivity contribution in [3.63, 3.8) is 0 Å². The predicted octanol–water partition coefficient (Wildman–Crippen LogP) is 2.04. The molecule has 1 fully saturated rings. The van der Waals surface area contributed by atoms with Gasteiger partial charge in [-0.2, -0.15) is 0 Å². The van der Waals surface area contributed by atoms with E-state index in [0.717, 1.165) is 49.3 Å². The standard InChI is InChI=1S/C14H17N3O/c15-12-4-5-13(11-3-1-6-16-14(11)12)17-7-2-9-18-10-8-17/h1,3-6H,2,7-10,15H2. The van der Waals surface area contributed by atoms with Gasteiger partial charge in [-0.3, -0.25) is 4.98 Å². The smallest absolute Gasteiger partial charge is 0.0951 e. The van der Waals surface area contributed by atoms with E-state index in [-0.39, 0.29) is 0 Å². The lowest BCUT2D eigenvalue weighted by Crippen LogP contribution is -2.26. The van der Waals surface area contributed by atoms with Crippen LogP contribution in [0, 0.1) is 0 Å². The predicted molar refractivity (Wildman–Crippen MR) is 73.8 cm³/mol. The lowest BCUT2D eigenvalue weighted by molar-refractivity contribution is 0.152. The van der Waals surface area contributed by atoms with Crippen molar-refractivity contribution >= 4 is 22.3 Å². The molecule has 0 radical (unpaired) electrons. The first kappa shape index (κ1) is 11.3. The molecule has 4 nitrogen and oxygen atoms in total. The first-order valence-corrected chi connectivity index (χ1v) is 6.32. The van der Waals surface area contributed by atoms with E-state index in [0.29, 0.717) is 0 Å². The molecule has 18 heavy (non-hydrogen) atoms. The number of fused-ring (bicyclic) bond motifs is 1. The van der Waals surface area contributed by atoms with Gasteiger partial charge in [-0.15, -0.1) is 0 Å². The Bertz CT molecular complexity index is 548. The van der Waals surface area contributed by atoms with E-state index in [1.165, 1.54) is 5.69 Å². The third-order valence-electron chi connectivity index (χ3n) is 3.34. The van der Waals surface area contributed by atoms with Gasteiger partial charge in [-0.1, -0.05) is 0 Å². The highest BCUT2D eigenvalue weighted by Gasteiger charge is 2.13. The maximum absolute atomic E-state index is 5.98. The van der Waals surface area contributed by atoms with Crippen LogP contribution in [0.2, 0.25) is 0 Å². The Kier molecular flexibility index (Phi) is 3.02. The third-order valence-corrected chi connectivity index (χ3v) is 3.34. The van der Waals surface area contributed by atoms with Crippen LogP contribution in [0.25, 0.3) is 10.9 Å². The van der Waals surface area contributed by atoms with Crippen molar-refractivity contribution in [3.05, 3.63) is 30.5 Å². The van der Waals surface area contributed by atoms with Crippen LogP contribution in [0.4, 0.5) is 11.4 Å². The maximum atomic E-state index is 5.98. The minimum atomic E-state index is 0.737. The zero-order valence-corrected chi connectivity index (χ0v) is 10.3. The van der Waals surface area contributed by atoms with Gasteiger partial charge in [0.15, 0.2) is 0 Å². The largest absolute Gasteiger partial charge is 0.397 e. The van der Waals surface area contributed by atoms with Gasteiger partial charge in [-0.25, -0.2) is 0 Å². The van der Waals surface area contributed by atoms with Gasteiger partial charge in [-0.05, 0) is 30.7 Å². The molecule has 0 amide bonds. The van der Waals surface area contributed by atoms with Crippen molar-refractivity contribution in [2.24, 2.45) is 0 Å². The van der Waals surface area contributed by atoms with Crippen LogP contribution in [-0.2, 0) is 4.74 Å². The van der Waals surface area contributed by atoms with E-state index in [4.69, 9.17) is 10.5 Å². The first-order valence-electron chi connectivity index (χ1n) is 6.32. The Labute approximate surface area is 106 Å². The Balaban J connectivity index is 2.08. The number of rotatable bonds is 1. The number of nitrogens with zero attached hydrogens (tertiary/aromatic N) is 2. The van der Waals surface area contributed by atoms with Crippen molar-refractivity contribution in [2.75, 3.05) is 36.9 Å². The van der Waals surface area contributed by atoms with E-state index in [2.05, 4.69) is 22.0 Å². The second-order valence-corrected chi connectivity index (χ2v) is 4.53. The van der Waals surface area contributed by atoms with Crippen LogP contribution in [0.3, 0.4) is 0 Å². The van der Waals surface area contributed by atoms with Gasteiger partial charge < -0.3 is 15.4 Å². The molecule has 1 aliphatic heterocycles. The highest BCUT2D eigenvalue weighted by Crippen LogP contribution is 2.29. The molecular weight excluding hydrogens is 226 g/mol. The molecule has 1 aliphatic rings. The summed E-state index contributed by atoms with van der Waals surface area (Å²) in [5.41, 5.74) is 8.81. The number of pyridine rings is 1. The number of aromatic nitrogens is 1. The molecule has 0 aliphatic carbocycles. The Hall–Kier alpha value is -1.81. The van der Waals surface area contributed by atoms with Gasteiger partial charge in [0.2, 0.25) is 0 Å². The molecule has 0 atom stereocenters. The number of anilines is 2. The van der Waals surface area contributed by atoms with E-state index in [9.17, 15) is 0 Å². The molecule has 0 bridgehead atoms. The minimum absolute atomic E-state index is 0.737. The van der Waals surface area contributed by atoms with Gasteiger partial charge in [0.05, 0.1) is 17.8 Å². The molecule has 0 unspecified atom stereocenters. The van der Waals surface area contributed by atoms with Crippen molar-refractivity contribution in [2.45, 2.75) is 6.42 Å². The molecule has 2 aromatic rings. The normalized spacial score (nSPS) is 16.8. The summed E-state index contributed by atoms with van der Waals surface area (Å²) in [7, 11) is 0. The number of hydrogen-bond donors (Lipinski definition) is 1. The van der Waals surface area contributed by atoms with E-state index >= 15 is 0 Å². The van der Waals surface area contributed by atoms with E-state index in [1.807, 2.05) is 12.1 Å². The van der Waals surface area contributed by atoms with Gasteiger partial charge in [0, 0.05) is 37.0 Å². The number of nitrogens with two attached hydrogens (primary N) is 1. The van der Waals surface area contributed by atoms with E-state index < -0.39 is 0 Å². The summed E-state index contributed by atoms with van der Waals surface area (Å²) < 4.78 is 5.50. The molecule has 1 aromatic heterocycles. The average Bonchev–Trinajstić information content (AvgIpc) is 2.68. The summed E-state index contributed by atoms with van der Waals surface area (Å²) in [5.74, 6) is 0. The van der Waals surface area contributed by atoms with Crippen molar-refractivity contribution < 1.29 is 4.74 Å². The maximum Gasteiger partial charge on any atom is 0.0951 e. The summed E-state index contributed by atoms with van der Waals surface area (Å²) in [6, 6.07) is 8.07. The molecule has 0 saturated carbocycles. The molecule has 1 aromatic carbocycles. The lowest BCUT2D eigenvalue weighted by atomic mass is 10.1. The van der Waals surface area contributed by atoms with Gasteiger partial charge >= 0.3 is 0 Å². The fourth-order valence-electron chi connectivity index (χ4n) is 2.44. The van der Waals surface area contributed by atoms with Crippen LogP contribution in [-0.4, -0.2) is 31.3 Å². The van der Waals surface area contributed by atoms with Crippen LogP contribution in [0.15, 0.2) is 30.5 Å². The monoisotopic (exact) mass is 243 g/mol. The van der Waals surface area contributed by atoms with Crippen LogP contribution >= 0.6 is 0 Å². The Morgan fingerprint density at radius 1 is 1.17 bits per heavy atom. The summed E-state index contributed by atoms with van der Waals surface area (Å²) in [6.45, 7) is 3.58. The first-order chi connectivity index (χ1) is 8.86. The molecule has 4 heteroatoms. The molecule has 2 N–H and O–H groups in total. The molecule has 1 saturated heterocycles. The van der Waals surface area contributed by atoms with Gasteiger partial charge in [0.1, 0.15) is 0 Å². The summed E-state index contributed by atoms with van der Waals surface area (Å²) in [4.78, 5) is 6.73. The van der Waals surface area contributed by atoms with Crippen LogP contribution in [0.1, 0.15) is 6.42 Å². The zero-order valence-electron chi connectivity index (χ0n) is 10.3. The third kappa shape index (κ3) is 1.99. The number of nitrogen functional groups attached to an aromatic ring is 1. The van der Waals surface area contributed by atoms with Crippen LogP contribution < -0.4 is 10.6 Å². The molecule has 94 valence electrons. The SMILES string of the molecule is Nc1ccc(N2CCCOCC2)c2cccnc12. The van der Waals surface area contributed by atoms with Crippen molar-refractivity contribution in [3.8, 4) is 0 Å². The second-order valence-electron chi connectivity index (χ2n) is 4.53. The molecule has 3 rings (SSSR count). The highest BCUT2D eigenvalue weighted by atomic mass is 16.5. The van der Waals surface area contributed by atoms with Crippen molar-refractivity contribution in [1.29, 1.82) is 0 Å². The number of hydrogen-bond acceptors (Lipinski definition) is 4. The molecule has 2 heterocycles. The fraction of sp³-hybridized carbons (Fsp3) is 0.357. The second kappa shape index (κ2) is 4.82. The highest BCUT2D eigenvalue weighted by molar-refractivity contribution is 5.98. The Morgan fingerprint density at radius 2 is 2.11 bits per heavy atom. The molecule has 0 spiro atoms. The number of benzene rings is 1. The average molecular weight is 243 g/mol. The summed E-state index contributed by atoms with van der Waals surface area (Å²) >= 11 is 0. The minimum Gasteiger partial charge on any atom is -0.397 e. The lowest BCUT2D eigenvalue weighted by Gasteiger charge is -2.23. The summed E-state index contributed by atoms with van der Waals surface area (Å²) in [6.07, 6.45) is 2.85. The van der Waals surface area contributed by atoms with Crippen LogP contribution in [0.5, 0.6) is 0 Å². The number of ether oxygens (including phenoxy) is 1. The zero-order chi connectivity index (χ0) is 12.4. The van der Waals surface area contributed by atoms with E-state index in [1.54, 1.807) is 6.20 Å².